The fourth-order valence-electron chi connectivity index (χ4n) is 2.08. The van der Waals surface area contributed by atoms with Crippen LogP contribution in [0.2, 0.25) is 0 Å². The van der Waals surface area contributed by atoms with Crippen LogP contribution in [-0.4, -0.2) is 22.9 Å². The Kier molecular flexibility index (Phi) is 4.08. The third kappa shape index (κ3) is 2.99. The number of rotatable bonds is 4. The van der Waals surface area contributed by atoms with Gasteiger partial charge < -0.3 is 10.1 Å². The van der Waals surface area contributed by atoms with E-state index in [4.69, 9.17) is 4.74 Å². The van der Waals surface area contributed by atoms with Crippen molar-refractivity contribution < 1.29 is 9.53 Å². The first-order valence-electron chi connectivity index (χ1n) is 6.43. The van der Waals surface area contributed by atoms with E-state index in [1.54, 1.807) is 4.68 Å². The first-order valence-corrected chi connectivity index (χ1v) is 6.43. The third-order valence-electron chi connectivity index (χ3n) is 3.24. The van der Waals surface area contributed by atoms with Crippen LogP contribution in [0, 0.1) is 13.8 Å². The predicted molar refractivity (Wildman–Crippen MR) is 77.8 cm³/mol. The normalized spacial score (nSPS) is 10.4. The fourth-order valence-corrected chi connectivity index (χ4v) is 2.08. The number of carbonyl (C=O) groups is 1. The van der Waals surface area contributed by atoms with Gasteiger partial charge in [0.1, 0.15) is 0 Å². The molecule has 2 aromatic rings. The molecule has 0 atom stereocenters. The number of methoxy groups -OCH3 is 1. The molecule has 0 bridgehead atoms. The van der Waals surface area contributed by atoms with E-state index in [0.29, 0.717) is 12.1 Å². The topological polar surface area (TPSA) is 56.1 Å². The van der Waals surface area contributed by atoms with Gasteiger partial charge in [-0.05, 0) is 31.5 Å². The summed E-state index contributed by atoms with van der Waals surface area (Å²) in [7, 11) is 3.29. The molecule has 0 unspecified atom stereocenters. The van der Waals surface area contributed by atoms with Gasteiger partial charge in [0.2, 0.25) is 0 Å². The zero-order valence-corrected chi connectivity index (χ0v) is 12.2. The van der Waals surface area contributed by atoms with Crippen LogP contribution >= 0.6 is 0 Å². The van der Waals surface area contributed by atoms with E-state index in [1.807, 2.05) is 45.3 Å². The molecule has 0 amide bonds. The molecule has 1 heterocycles. The van der Waals surface area contributed by atoms with Gasteiger partial charge in [-0.2, -0.15) is 5.10 Å². The number of benzene rings is 1. The molecule has 0 aliphatic carbocycles. The second kappa shape index (κ2) is 5.77. The molecule has 1 aromatic heterocycles. The lowest BCUT2D eigenvalue weighted by Crippen LogP contribution is -2.06. The Hall–Kier alpha value is -2.30. The largest absolute Gasteiger partial charge is 0.465 e. The zero-order chi connectivity index (χ0) is 14.7. The average Bonchev–Trinajstić information content (AvgIpc) is 2.75. The van der Waals surface area contributed by atoms with Crippen LogP contribution in [0.25, 0.3) is 0 Å². The Labute approximate surface area is 118 Å². The van der Waals surface area contributed by atoms with E-state index in [1.165, 1.54) is 7.11 Å². The maximum absolute atomic E-state index is 11.7. The maximum Gasteiger partial charge on any atom is 0.338 e. The molecule has 0 saturated carbocycles. The number of anilines is 1. The molecular formula is C15H19N3O2. The van der Waals surface area contributed by atoms with Crippen molar-refractivity contribution in [1.82, 2.24) is 9.78 Å². The molecule has 5 nitrogen and oxygen atoms in total. The molecule has 0 spiro atoms. The first-order chi connectivity index (χ1) is 9.51. The van der Waals surface area contributed by atoms with Crippen LogP contribution in [0.15, 0.2) is 24.4 Å². The summed E-state index contributed by atoms with van der Waals surface area (Å²) in [5, 5.41) is 7.60. The van der Waals surface area contributed by atoms with E-state index >= 15 is 0 Å². The zero-order valence-electron chi connectivity index (χ0n) is 12.2. The van der Waals surface area contributed by atoms with Crippen LogP contribution in [-0.2, 0) is 18.3 Å². The van der Waals surface area contributed by atoms with Crippen LogP contribution < -0.4 is 5.32 Å². The van der Waals surface area contributed by atoms with Crippen LogP contribution in [0.5, 0.6) is 0 Å². The lowest BCUT2D eigenvalue weighted by atomic mass is 10.1. The smallest absolute Gasteiger partial charge is 0.338 e. The van der Waals surface area contributed by atoms with E-state index < -0.39 is 0 Å². The van der Waals surface area contributed by atoms with Gasteiger partial charge in [0.25, 0.3) is 0 Å². The highest BCUT2D eigenvalue weighted by Gasteiger charge is 2.10. The summed E-state index contributed by atoms with van der Waals surface area (Å²) in [5.41, 5.74) is 4.51. The van der Waals surface area contributed by atoms with Gasteiger partial charge in [-0.1, -0.05) is 6.07 Å². The quantitative estimate of drug-likeness (QED) is 0.869. The summed E-state index contributed by atoms with van der Waals surface area (Å²) in [6.45, 7) is 4.54. The molecule has 1 N–H and O–H groups in total. The van der Waals surface area contributed by atoms with Crippen molar-refractivity contribution >= 4 is 11.7 Å². The average molecular weight is 273 g/mol. The minimum absolute atomic E-state index is 0.316. The summed E-state index contributed by atoms with van der Waals surface area (Å²) in [4.78, 5) is 11.7. The molecule has 0 aliphatic rings. The minimum atomic E-state index is -0.316. The highest BCUT2D eigenvalue weighted by molar-refractivity contribution is 5.92. The van der Waals surface area contributed by atoms with Crippen LogP contribution in [0.1, 0.15) is 27.2 Å². The second-order valence-corrected chi connectivity index (χ2v) is 4.79. The Balaban J connectivity index is 2.14. The molecule has 106 valence electrons. The Morgan fingerprint density at radius 3 is 2.75 bits per heavy atom. The van der Waals surface area contributed by atoms with Crippen molar-refractivity contribution in [3.63, 3.8) is 0 Å². The number of ether oxygens (including phenoxy) is 1. The molecule has 5 heteroatoms. The SMILES string of the molecule is COC(=O)c1cc(NCc2cn(C)nc2C)ccc1C. The molecule has 1 aromatic carbocycles. The summed E-state index contributed by atoms with van der Waals surface area (Å²) >= 11 is 0. The molecule has 0 aliphatic heterocycles. The minimum Gasteiger partial charge on any atom is -0.465 e. The summed E-state index contributed by atoms with van der Waals surface area (Å²) < 4.78 is 6.57. The highest BCUT2D eigenvalue weighted by Crippen LogP contribution is 2.17. The van der Waals surface area contributed by atoms with E-state index in [-0.39, 0.29) is 5.97 Å². The number of aromatic nitrogens is 2. The number of esters is 1. The lowest BCUT2D eigenvalue weighted by molar-refractivity contribution is 0.0600. The number of carbonyl (C=O) groups excluding carboxylic acids is 1. The lowest BCUT2D eigenvalue weighted by Gasteiger charge is -2.09. The van der Waals surface area contributed by atoms with E-state index in [9.17, 15) is 4.79 Å². The number of nitrogens with one attached hydrogen (secondary N) is 1. The van der Waals surface area contributed by atoms with Crippen LogP contribution in [0.4, 0.5) is 5.69 Å². The molecular weight excluding hydrogens is 254 g/mol. The van der Waals surface area contributed by atoms with E-state index in [2.05, 4.69) is 10.4 Å². The third-order valence-corrected chi connectivity index (χ3v) is 3.24. The van der Waals surface area contributed by atoms with Gasteiger partial charge >= 0.3 is 5.97 Å². The monoisotopic (exact) mass is 273 g/mol. The van der Waals surface area contributed by atoms with Gasteiger partial charge in [0.05, 0.1) is 18.4 Å². The van der Waals surface area contributed by atoms with Crippen molar-refractivity contribution in [2.45, 2.75) is 20.4 Å². The Morgan fingerprint density at radius 1 is 1.40 bits per heavy atom. The first kappa shape index (κ1) is 14.1. The van der Waals surface area contributed by atoms with Crippen LogP contribution in [0.3, 0.4) is 0 Å². The van der Waals surface area contributed by atoms with Gasteiger partial charge in [-0.15, -0.1) is 0 Å². The summed E-state index contributed by atoms with van der Waals surface area (Å²) in [6, 6.07) is 5.67. The summed E-state index contributed by atoms with van der Waals surface area (Å²) in [5.74, 6) is -0.316. The molecule has 2 rings (SSSR count). The molecule has 0 saturated heterocycles. The maximum atomic E-state index is 11.7. The Bertz CT molecular complexity index is 632. The standard InChI is InChI=1S/C15H19N3O2/c1-10-5-6-13(7-14(10)15(19)20-4)16-8-12-9-18(3)17-11(12)2/h5-7,9,16H,8H2,1-4H3. The second-order valence-electron chi connectivity index (χ2n) is 4.79. The van der Waals surface area contributed by atoms with Gasteiger partial charge in [-0.25, -0.2) is 4.79 Å². The van der Waals surface area contributed by atoms with Gasteiger partial charge in [0.15, 0.2) is 0 Å². The van der Waals surface area contributed by atoms with Crippen molar-refractivity contribution in [1.29, 1.82) is 0 Å². The molecule has 0 radical (unpaired) electrons. The summed E-state index contributed by atoms with van der Waals surface area (Å²) in [6.07, 6.45) is 1.98. The Morgan fingerprint density at radius 2 is 2.15 bits per heavy atom. The van der Waals surface area contributed by atoms with Crippen molar-refractivity contribution in [3.05, 3.63) is 46.8 Å². The van der Waals surface area contributed by atoms with E-state index in [0.717, 1.165) is 22.5 Å². The highest BCUT2D eigenvalue weighted by atomic mass is 16.5. The van der Waals surface area contributed by atoms with Crippen molar-refractivity contribution in [3.8, 4) is 0 Å². The molecule has 20 heavy (non-hydrogen) atoms. The number of hydrogen-bond donors (Lipinski definition) is 1. The van der Waals surface area contributed by atoms with Crippen molar-refractivity contribution in [2.75, 3.05) is 12.4 Å². The van der Waals surface area contributed by atoms with Gasteiger partial charge in [-0.3, -0.25) is 4.68 Å². The number of aryl methyl sites for hydroxylation is 3. The van der Waals surface area contributed by atoms with Gasteiger partial charge in [0, 0.05) is 31.0 Å². The predicted octanol–water partition coefficient (Wildman–Crippen LogP) is 2.44. The molecule has 0 fully saturated rings. The van der Waals surface area contributed by atoms with Crippen molar-refractivity contribution in [2.24, 2.45) is 7.05 Å². The number of hydrogen-bond acceptors (Lipinski definition) is 4. The number of nitrogens with zero attached hydrogens (tertiary/aromatic N) is 2. The fraction of sp³-hybridized carbons (Fsp3) is 0.333.